The standard InChI is InChI=1S/C12H6Cl4O2/c13-7-8(14)12(16)6-4-1-2(4)3(1)5(6)11(7,15)9(17)10(12)18/h1-6H/t1?,2?,3?,4?,5-,6+,11-,12+. The van der Waals surface area contributed by atoms with Crippen LogP contribution >= 0.6 is 46.4 Å². The Kier molecular flexibility index (Phi) is 1.55. The van der Waals surface area contributed by atoms with Crippen LogP contribution in [0.25, 0.3) is 0 Å². The molecule has 7 rings (SSSR count). The fraction of sp³-hybridized carbons (Fsp3) is 0.667. The molecule has 0 heterocycles. The van der Waals surface area contributed by atoms with E-state index < -0.39 is 21.3 Å². The van der Waals surface area contributed by atoms with Gasteiger partial charge in [0.2, 0.25) is 11.6 Å². The molecule has 5 saturated carbocycles. The van der Waals surface area contributed by atoms with Crippen molar-refractivity contribution in [1.29, 1.82) is 0 Å². The Morgan fingerprint density at radius 1 is 0.722 bits per heavy atom. The van der Waals surface area contributed by atoms with Crippen LogP contribution in [0.3, 0.4) is 0 Å². The maximum absolute atomic E-state index is 12.2. The van der Waals surface area contributed by atoms with Gasteiger partial charge in [0.1, 0.15) is 0 Å². The van der Waals surface area contributed by atoms with Crippen LogP contribution in [0.2, 0.25) is 0 Å². The van der Waals surface area contributed by atoms with E-state index in [0.29, 0.717) is 23.7 Å². The molecule has 6 atom stereocenters. The topological polar surface area (TPSA) is 34.1 Å². The van der Waals surface area contributed by atoms with E-state index in [1.165, 1.54) is 0 Å². The fourth-order valence-corrected chi connectivity index (χ4v) is 6.79. The van der Waals surface area contributed by atoms with Gasteiger partial charge in [-0.3, -0.25) is 9.59 Å². The summed E-state index contributed by atoms with van der Waals surface area (Å²) >= 11 is 25.3. The second-order valence-electron chi connectivity index (χ2n) is 6.07. The van der Waals surface area contributed by atoms with Crippen LogP contribution in [0, 0.1) is 35.5 Å². The molecule has 0 aromatic carbocycles. The molecule has 4 bridgehead atoms. The largest absolute Gasteiger partial charge is 0.288 e. The van der Waals surface area contributed by atoms with Gasteiger partial charge in [-0.25, -0.2) is 0 Å². The van der Waals surface area contributed by atoms with Crippen molar-refractivity contribution in [1.82, 2.24) is 0 Å². The molecule has 0 aliphatic heterocycles. The number of hydrogen-bond donors (Lipinski definition) is 0. The van der Waals surface area contributed by atoms with Crippen LogP contribution in [0.1, 0.15) is 0 Å². The lowest BCUT2D eigenvalue weighted by Gasteiger charge is -2.51. The second kappa shape index (κ2) is 2.55. The third-order valence-corrected chi connectivity index (χ3v) is 8.26. The molecule has 0 spiro atoms. The second-order valence-corrected chi connectivity index (χ2v) is 8.02. The molecular weight excluding hydrogens is 318 g/mol. The highest BCUT2D eigenvalue weighted by Crippen LogP contribution is 2.91. The first-order valence-electron chi connectivity index (χ1n) is 5.91. The predicted molar refractivity (Wildman–Crippen MR) is 66.9 cm³/mol. The van der Waals surface area contributed by atoms with E-state index in [-0.39, 0.29) is 21.9 Å². The number of carbonyl (C=O) groups is 2. The Bertz CT molecular complexity index is 553. The Labute approximate surface area is 123 Å². The molecular formula is C12H6Cl4O2. The molecule has 0 aromatic rings. The number of allylic oxidation sites excluding steroid dienone is 2. The minimum absolute atomic E-state index is 0.0821. The van der Waals surface area contributed by atoms with Gasteiger partial charge < -0.3 is 0 Å². The Morgan fingerprint density at radius 3 is 1.39 bits per heavy atom. The highest BCUT2D eigenvalue weighted by molar-refractivity contribution is 6.70. The van der Waals surface area contributed by atoms with E-state index in [0.717, 1.165) is 0 Å². The summed E-state index contributed by atoms with van der Waals surface area (Å²) in [6, 6.07) is 0. The summed E-state index contributed by atoms with van der Waals surface area (Å²) in [5.74, 6) is 0.513. The van der Waals surface area contributed by atoms with Gasteiger partial charge in [0.25, 0.3) is 0 Å². The number of carbonyl (C=O) groups excluding carboxylic acids is 2. The van der Waals surface area contributed by atoms with E-state index >= 15 is 0 Å². The van der Waals surface area contributed by atoms with Crippen LogP contribution in [0.4, 0.5) is 0 Å². The number of hydrogen-bond acceptors (Lipinski definition) is 2. The average Bonchev–Trinajstić information content (AvgIpc) is 3.17. The van der Waals surface area contributed by atoms with Crippen LogP contribution in [-0.4, -0.2) is 21.3 Å². The van der Waals surface area contributed by atoms with Crippen LogP contribution in [-0.2, 0) is 9.59 Å². The highest BCUT2D eigenvalue weighted by atomic mass is 35.5. The molecule has 0 amide bonds. The Morgan fingerprint density at radius 2 is 1.06 bits per heavy atom. The molecule has 0 N–H and O–H groups in total. The first-order chi connectivity index (χ1) is 8.37. The molecule has 6 heteroatoms. The first kappa shape index (κ1) is 11.0. The third kappa shape index (κ3) is 0.723. The van der Waals surface area contributed by atoms with Crippen molar-refractivity contribution in [3.8, 4) is 0 Å². The quantitative estimate of drug-likeness (QED) is 0.507. The number of halogens is 4. The maximum atomic E-state index is 12.2. The fourth-order valence-electron chi connectivity index (χ4n) is 5.04. The predicted octanol–water partition coefficient (Wildman–Crippen LogP) is 2.53. The number of Topliss-reactive ketones (excluding diaryl/α,β-unsaturated/α-hetero) is 2. The smallest absolute Gasteiger partial charge is 0.227 e. The minimum Gasteiger partial charge on any atom is -0.288 e. The molecule has 94 valence electrons. The molecule has 18 heavy (non-hydrogen) atoms. The van der Waals surface area contributed by atoms with Crippen molar-refractivity contribution in [2.75, 3.05) is 0 Å². The molecule has 0 radical (unpaired) electrons. The van der Waals surface area contributed by atoms with Gasteiger partial charge in [-0.2, -0.15) is 0 Å². The minimum atomic E-state index is -1.43. The van der Waals surface area contributed by atoms with Gasteiger partial charge in [-0.15, -0.1) is 23.2 Å². The van der Waals surface area contributed by atoms with Crippen molar-refractivity contribution >= 4 is 58.0 Å². The van der Waals surface area contributed by atoms with Gasteiger partial charge in [0.15, 0.2) is 9.75 Å². The summed E-state index contributed by atoms with van der Waals surface area (Å²) in [6.45, 7) is 0. The zero-order valence-electron chi connectivity index (χ0n) is 8.79. The van der Waals surface area contributed by atoms with E-state index in [2.05, 4.69) is 0 Å². The number of fused-ring (bicyclic) bond motifs is 1. The molecule has 0 saturated heterocycles. The summed E-state index contributed by atoms with van der Waals surface area (Å²) in [4.78, 5) is 21.6. The lowest BCUT2D eigenvalue weighted by molar-refractivity contribution is -0.144. The molecule has 2 unspecified atom stereocenters. The number of alkyl halides is 2. The van der Waals surface area contributed by atoms with E-state index in [1.54, 1.807) is 0 Å². The van der Waals surface area contributed by atoms with Gasteiger partial charge in [-0.1, -0.05) is 23.2 Å². The summed E-state index contributed by atoms with van der Waals surface area (Å²) in [7, 11) is 0. The average molecular weight is 324 g/mol. The number of ketones is 2. The van der Waals surface area contributed by atoms with Crippen LogP contribution < -0.4 is 0 Å². The highest BCUT2D eigenvalue weighted by Gasteiger charge is 2.93. The van der Waals surface area contributed by atoms with Crippen molar-refractivity contribution < 1.29 is 9.59 Å². The lowest BCUT2D eigenvalue weighted by atomic mass is 9.61. The first-order valence-corrected chi connectivity index (χ1v) is 7.42. The Balaban J connectivity index is 1.88. The molecule has 2 nitrogen and oxygen atoms in total. The summed E-state index contributed by atoms with van der Waals surface area (Å²) in [6.07, 6.45) is 0. The third-order valence-electron chi connectivity index (χ3n) is 5.77. The van der Waals surface area contributed by atoms with E-state index in [4.69, 9.17) is 46.4 Å². The van der Waals surface area contributed by atoms with Gasteiger partial charge in [-0.05, 0) is 35.5 Å². The zero-order valence-corrected chi connectivity index (χ0v) is 11.8. The van der Waals surface area contributed by atoms with E-state index in [9.17, 15) is 9.59 Å². The molecule has 7 aliphatic carbocycles. The van der Waals surface area contributed by atoms with Crippen molar-refractivity contribution in [2.45, 2.75) is 9.75 Å². The van der Waals surface area contributed by atoms with Gasteiger partial charge >= 0.3 is 0 Å². The van der Waals surface area contributed by atoms with Gasteiger partial charge in [0.05, 0.1) is 10.1 Å². The summed E-state index contributed by atoms with van der Waals surface area (Å²) in [5.41, 5.74) is 0. The SMILES string of the molecule is O=C1C(=O)[C@@]2(Cl)C(Cl)=C(Cl)[C@]1(Cl)[C@@H]1C3C4C3C4[C@@H]12. The molecule has 7 aliphatic rings. The summed E-state index contributed by atoms with van der Waals surface area (Å²) < 4.78 is 0. The Hall–Kier alpha value is 0.240. The lowest BCUT2D eigenvalue weighted by Crippen LogP contribution is -2.67. The van der Waals surface area contributed by atoms with Crippen molar-refractivity contribution in [3.63, 3.8) is 0 Å². The maximum Gasteiger partial charge on any atom is 0.227 e. The van der Waals surface area contributed by atoms with E-state index in [1.807, 2.05) is 0 Å². The summed E-state index contributed by atoms with van der Waals surface area (Å²) in [5, 5.41) is 0.164. The molecule has 5 fully saturated rings. The monoisotopic (exact) mass is 322 g/mol. The van der Waals surface area contributed by atoms with Crippen molar-refractivity contribution in [2.24, 2.45) is 35.5 Å². The van der Waals surface area contributed by atoms with Crippen LogP contribution in [0.15, 0.2) is 10.1 Å². The zero-order chi connectivity index (χ0) is 12.8. The van der Waals surface area contributed by atoms with Crippen molar-refractivity contribution in [3.05, 3.63) is 10.1 Å². The van der Waals surface area contributed by atoms with Crippen LogP contribution in [0.5, 0.6) is 0 Å². The molecule has 0 aromatic heterocycles. The normalized spacial score (nSPS) is 66.2. The van der Waals surface area contributed by atoms with Gasteiger partial charge in [0, 0.05) is 0 Å². The number of rotatable bonds is 0.